The molecule has 0 spiro atoms. The zero-order chi connectivity index (χ0) is 13.9. The maximum absolute atomic E-state index is 11.4. The number of carbonyl (C=O) groups is 2. The number of benzene rings is 1. The summed E-state index contributed by atoms with van der Waals surface area (Å²) in [5.41, 5.74) is 1.25. The second-order valence-electron chi connectivity index (χ2n) is 4.01. The molecule has 0 atom stereocenters. The number of amides is 2. The smallest absolute Gasteiger partial charge is 0.407 e. The van der Waals surface area contributed by atoms with Crippen molar-refractivity contribution in [1.29, 1.82) is 0 Å². The van der Waals surface area contributed by atoms with Crippen molar-refractivity contribution in [2.24, 2.45) is 0 Å². The fourth-order valence-electron chi connectivity index (χ4n) is 1.56. The minimum Gasteiger partial charge on any atom is -0.450 e. The van der Waals surface area contributed by atoms with E-state index in [0.717, 1.165) is 12.8 Å². The van der Waals surface area contributed by atoms with Crippen LogP contribution in [0.4, 0.5) is 4.79 Å². The maximum atomic E-state index is 11.4. The van der Waals surface area contributed by atoms with Gasteiger partial charge in [-0.15, -0.1) is 0 Å². The second-order valence-corrected chi connectivity index (χ2v) is 4.01. The van der Waals surface area contributed by atoms with Crippen molar-refractivity contribution in [2.75, 3.05) is 19.7 Å². The number of ether oxygens (including phenoxy) is 1. The largest absolute Gasteiger partial charge is 0.450 e. The van der Waals surface area contributed by atoms with E-state index in [9.17, 15) is 9.59 Å². The monoisotopic (exact) mass is 264 g/mol. The average Bonchev–Trinajstić information content (AvgIpc) is 2.43. The summed E-state index contributed by atoms with van der Waals surface area (Å²) in [5, 5.41) is 5.11. The van der Waals surface area contributed by atoms with Gasteiger partial charge in [0.25, 0.3) is 0 Å². The molecule has 0 saturated heterocycles. The molecule has 0 heterocycles. The van der Waals surface area contributed by atoms with E-state index in [2.05, 4.69) is 27.5 Å². The molecule has 0 saturated carbocycles. The van der Waals surface area contributed by atoms with Crippen molar-refractivity contribution in [2.45, 2.75) is 19.8 Å². The number of rotatable bonds is 7. The van der Waals surface area contributed by atoms with Gasteiger partial charge in [0.05, 0.1) is 13.2 Å². The molecule has 19 heavy (non-hydrogen) atoms. The minimum atomic E-state index is -0.568. The third kappa shape index (κ3) is 7.08. The number of hydrogen-bond acceptors (Lipinski definition) is 3. The molecule has 5 heteroatoms. The summed E-state index contributed by atoms with van der Waals surface area (Å²) in [4.78, 5) is 22.3. The van der Waals surface area contributed by atoms with Crippen LogP contribution < -0.4 is 10.6 Å². The Bertz CT molecular complexity index is 393. The molecule has 0 aliphatic rings. The first kappa shape index (κ1) is 15.0. The van der Waals surface area contributed by atoms with Crippen LogP contribution in [0.1, 0.15) is 18.9 Å². The summed E-state index contributed by atoms with van der Waals surface area (Å²) in [6, 6.07) is 10.1. The molecule has 0 aliphatic carbocycles. The van der Waals surface area contributed by atoms with Gasteiger partial charge in [0.1, 0.15) is 0 Å². The average molecular weight is 264 g/mol. The maximum Gasteiger partial charge on any atom is 0.407 e. The van der Waals surface area contributed by atoms with Gasteiger partial charge in [-0.2, -0.15) is 0 Å². The molecule has 2 N–H and O–H groups in total. The van der Waals surface area contributed by atoms with Crippen molar-refractivity contribution >= 4 is 12.0 Å². The van der Waals surface area contributed by atoms with Crippen LogP contribution >= 0.6 is 0 Å². The lowest BCUT2D eigenvalue weighted by molar-refractivity contribution is -0.120. The molecule has 0 fully saturated rings. The van der Waals surface area contributed by atoms with Crippen LogP contribution in [-0.4, -0.2) is 31.7 Å². The molecule has 104 valence electrons. The Hall–Kier alpha value is -2.04. The molecule has 0 unspecified atom stereocenters. The minimum absolute atomic E-state index is 0.0514. The summed E-state index contributed by atoms with van der Waals surface area (Å²) >= 11 is 0. The van der Waals surface area contributed by atoms with Crippen LogP contribution in [0.5, 0.6) is 0 Å². The molecule has 1 rings (SSSR count). The summed E-state index contributed by atoms with van der Waals surface area (Å²) in [5.74, 6) is -0.207. The van der Waals surface area contributed by atoms with Gasteiger partial charge in [-0.25, -0.2) is 4.79 Å². The predicted molar refractivity (Wildman–Crippen MR) is 72.8 cm³/mol. The van der Waals surface area contributed by atoms with Crippen molar-refractivity contribution in [3.05, 3.63) is 35.9 Å². The molecule has 0 aromatic heterocycles. The van der Waals surface area contributed by atoms with Gasteiger partial charge >= 0.3 is 6.09 Å². The van der Waals surface area contributed by atoms with Crippen molar-refractivity contribution in [1.82, 2.24) is 10.6 Å². The summed E-state index contributed by atoms with van der Waals surface area (Å²) in [6.07, 6.45) is 1.23. The number of aryl methyl sites for hydroxylation is 1. The van der Waals surface area contributed by atoms with Crippen LogP contribution in [0.15, 0.2) is 30.3 Å². The fourth-order valence-corrected chi connectivity index (χ4v) is 1.56. The molecule has 2 amide bonds. The van der Waals surface area contributed by atoms with E-state index in [4.69, 9.17) is 0 Å². The number of carbonyl (C=O) groups excluding carboxylic acids is 2. The molecular weight excluding hydrogens is 244 g/mol. The second kappa shape index (κ2) is 8.97. The van der Waals surface area contributed by atoms with Crippen LogP contribution in [0.2, 0.25) is 0 Å². The summed E-state index contributed by atoms with van der Waals surface area (Å²) in [7, 11) is 0. The first-order chi connectivity index (χ1) is 9.22. The van der Waals surface area contributed by atoms with E-state index >= 15 is 0 Å². The van der Waals surface area contributed by atoms with Crippen molar-refractivity contribution in [3.63, 3.8) is 0 Å². The molecule has 1 aromatic carbocycles. The van der Waals surface area contributed by atoms with Gasteiger partial charge in [-0.05, 0) is 25.3 Å². The Morgan fingerprint density at radius 2 is 1.89 bits per heavy atom. The van der Waals surface area contributed by atoms with E-state index in [1.807, 2.05) is 18.2 Å². The van der Waals surface area contributed by atoms with E-state index < -0.39 is 6.09 Å². The van der Waals surface area contributed by atoms with E-state index in [-0.39, 0.29) is 12.5 Å². The fraction of sp³-hybridized carbons (Fsp3) is 0.429. The molecule has 1 aromatic rings. The lowest BCUT2D eigenvalue weighted by Crippen LogP contribution is -2.37. The van der Waals surface area contributed by atoms with Crippen molar-refractivity contribution in [3.8, 4) is 0 Å². The van der Waals surface area contributed by atoms with E-state index in [1.165, 1.54) is 5.56 Å². The molecule has 0 radical (unpaired) electrons. The molecule has 5 nitrogen and oxygen atoms in total. The lowest BCUT2D eigenvalue weighted by Gasteiger charge is -2.07. The first-order valence-electron chi connectivity index (χ1n) is 6.43. The summed E-state index contributed by atoms with van der Waals surface area (Å²) < 4.78 is 4.65. The highest BCUT2D eigenvalue weighted by molar-refractivity contribution is 5.81. The van der Waals surface area contributed by atoms with Crippen LogP contribution in [0, 0.1) is 0 Å². The third-order valence-corrected chi connectivity index (χ3v) is 2.48. The summed E-state index contributed by atoms with van der Waals surface area (Å²) in [6.45, 7) is 2.55. The van der Waals surface area contributed by atoms with Crippen molar-refractivity contribution < 1.29 is 14.3 Å². The predicted octanol–water partition coefficient (Wildman–Crippen LogP) is 1.48. The standard InChI is InChI=1S/C14H20N2O3/c1-2-19-14(18)16-11-13(17)15-10-6-9-12-7-4-3-5-8-12/h3-5,7-8H,2,6,9-11H2,1H3,(H,15,17)(H,16,18). The SMILES string of the molecule is CCOC(=O)NCC(=O)NCCCc1ccccc1. The highest BCUT2D eigenvalue weighted by atomic mass is 16.5. The Labute approximate surface area is 113 Å². The molecule has 0 bridgehead atoms. The van der Waals surface area contributed by atoms with Gasteiger partial charge in [0.2, 0.25) is 5.91 Å². The van der Waals surface area contributed by atoms with Gasteiger partial charge in [0, 0.05) is 6.54 Å². The van der Waals surface area contributed by atoms with Crippen LogP contribution in [0.25, 0.3) is 0 Å². The quantitative estimate of drug-likeness (QED) is 0.733. The van der Waals surface area contributed by atoms with Gasteiger partial charge in [-0.3, -0.25) is 4.79 Å². The number of nitrogens with one attached hydrogen (secondary N) is 2. The van der Waals surface area contributed by atoms with Crippen LogP contribution in [0.3, 0.4) is 0 Å². The zero-order valence-electron chi connectivity index (χ0n) is 11.1. The van der Waals surface area contributed by atoms with Gasteiger partial charge in [0.15, 0.2) is 0 Å². The number of hydrogen-bond donors (Lipinski definition) is 2. The van der Waals surface area contributed by atoms with E-state index in [0.29, 0.717) is 13.2 Å². The Morgan fingerprint density at radius 3 is 2.58 bits per heavy atom. The topological polar surface area (TPSA) is 67.4 Å². The Kier molecular flexibility index (Phi) is 7.09. The normalized spacial score (nSPS) is 9.74. The van der Waals surface area contributed by atoms with Gasteiger partial charge < -0.3 is 15.4 Å². The molecular formula is C14H20N2O3. The van der Waals surface area contributed by atoms with E-state index in [1.54, 1.807) is 6.92 Å². The Balaban J connectivity index is 2.06. The van der Waals surface area contributed by atoms with Crippen LogP contribution in [-0.2, 0) is 16.0 Å². The lowest BCUT2D eigenvalue weighted by atomic mass is 10.1. The highest BCUT2D eigenvalue weighted by Gasteiger charge is 2.04. The number of alkyl carbamates (subject to hydrolysis) is 1. The first-order valence-corrected chi connectivity index (χ1v) is 6.43. The zero-order valence-corrected chi connectivity index (χ0v) is 11.1. The Morgan fingerprint density at radius 1 is 1.16 bits per heavy atom. The van der Waals surface area contributed by atoms with Gasteiger partial charge in [-0.1, -0.05) is 30.3 Å². The third-order valence-electron chi connectivity index (χ3n) is 2.48. The highest BCUT2D eigenvalue weighted by Crippen LogP contribution is 2.01. The molecule has 0 aliphatic heterocycles.